The molecule has 0 aromatic rings. The maximum absolute atomic E-state index is 6.00. The molecule has 0 spiro atoms. The van der Waals surface area contributed by atoms with Crippen LogP contribution >= 0.6 is 34.8 Å². The average Bonchev–Trinajstić information content (AvgIpc) is 2.01. The Morgan fingerprint density at radius 2 is 1.53 bits per heavy atom. The van der Waals surface area contributed by atoms with E-state index in [0.29, 0.717) is 0 Å². The zero-order valence-corrected chi connectivity index (χ0v) is 16.1. The van der Waals surface area contributed by atoms with Crippen molar-refractivity contribution in [3.8, 4) is 0 Å². The Morgan fingerprint density at radius 3 is 1.73 bits per heavy atom. The van der Waals surface area contributed by atoms with Crippen LogP contribution in [-0.4, -0.2) is 49.6 Å². The van der Waals surface area contributed by atoms with Gasteiger partial charge in [0.2, 0.25) is 0 Å². The average molecular weight is 472 g/mol. The van der Waals surface area contributed by atoms with E-state index >= 15 is 0 Å². The van der Waals surface area contributed by atoms with E-state index in [1.807, 2.05) is 18.7 Å². The minimum atomic E-state index is -2.55. The van der Waals surface area contributed by atoms with Gasteiger partial charge in [-0.05, 0) is 0 Å². The van der Waals surface area contributed by atoms with Crippen molar-refractivity contribution in [3.63, 3.8) is 0 Å². The molecule has 0 fully saturated rings. The Bertz CT molecular complexity index is 187. The van der Waals surface area contributed by atoms with Crippen LogP contribution in [0.3, 0.4) is 0 Å². The molecule has 0 bridgehead atoms. The zero-order valence-electron chi connectivity index (χ0n) is 9.98. The molecular weight excluding hydrogens is 452 g/mol. The van der Waals surface area contributed by atoms with Gasteiger partial charge in [-0.2, -0.15) is 0 Å². The van der Waals surface area contributed by atoms with Gasteiger partial charge >= 0.3 is 114 Å². The molecule has 0 saturated heterocycles. The van der Waals surface area contributed by atoms with Crippen LogP contribution in [0.15, 0.2) is 0 Å². The van der Waals surface area contributed by atoms with E-state index in [4.69, 9.17) is 37.5 Å². The first-order valence-corrected chi connectivity index (χ1v) is 19.5. The standard InChI is InChI=1S/C6H11Cl3NO.3CH3.Pb/c1-3-10(4-2)5(11)6(7,8)9;;;;/h5H,3-4H2,1-2H3;3*1H3;/q-1;;;;+1. The van der Waals surface area contributed by atoms with Crippen molar-refractivity contribution < 1.29 is 2.69 Å². The van der Waals surface area contributed by atoms with Crippen LogP contribution in [0.5, 0.6) is 0 Å². The fourth-order valence-corrected chi connectivity index (χ4v) is 6.53. The van der Waals surface area contributed by atoms with E-state index in [1.54, 1.807) is 0 Å². The molecule has 0 heterocycles. The molecule has 0 saturated carbocycles. The number of alkyl halides is 3. The normalized spacial score (nSPS) is 15.8. The summed E-state index contributed by atoms with van der Waals surface area (Å²) in [7, 11) is 0. The van der Waals surface area contributed by atoms with Gasteiger partial charge in [-0.1, -0.05) is 0 Å². The summed E-state index contributed by atoms with van der Waals surface area (Å²) >= 11 is 15.3. The summed E-state index contributed by atoms with van der Waals surface area (Å²) < 4.78 is 11.1. The maximum atomic E-state index is 6.00. The predicted molar refractivity (Wildman–Crippen MR) is 71.4 cm³/mol. The monoisotopic (exact) mass is 471 g/mol. The van der Waals surface area contributed by atoms with Crippen molar-refractivity contribution in [3.05, 3.63) is 0 Å². The van der Waals surface area contributed by atoms with Crippen molar-refractivity contribution in [2.75, 3.05) is 13.1 Å². The summed E-state index contributed by atoms with van der Waals surface area (Å²) in [5.41, 5.74) is 0. The van der Waals surface area contributed by atoms with E-state index in [-0.39, 0.29) is 0 Å². The quantitative estimate of drug-likeness (QED) is 0.343. The Labute approximate surface area is 113 Å². The minimum absolute atomic E-state index is 0.417. The summed E-state index contributed by atoms with van der Waals surface area (Å²) in [6.07, 6.45) is -0.417. The molecule has 0 aliphatic rings. The Hall–Kier alpha value is 1.71. The molecule has 92 valence electrons. The number of rotatable bonds is 5. The molecule has 2 nitrogen and oxygen atoms in total. The third kappa shape index (κ3) is 6.89. The summed E-state index contributed by atoms with van der Waals surface area (Å²) in [5, 5.41) is 0. The first-order chi connectivity index (χ1) is 6.61. The first-order valence-electron chi connectivity index (χ1n) is 5.10. The second kappa shape index (κ2) is 6.59. The molecular formula is C9H20Cl3NOPb. The second-order valence-electron chi connectivity index (χ2n) is 4.35. The molecule has 0 aromatic carbocycles. The third-order valence-electron chi connectivity index (χ3n) is 1.89. The molecule has 0 aliphatic carbocycles. The third-order valence-corrected chi connectivity index (χ3v) is 6.07. The topological polar surface area (TPSA) is 12.5 Å². The second-order valence-corrected chi connectivity index (χ2v) is 24.1. The van der Waals surface area contributed by atoms with Gasteiger partial charge in [-0.25, -0.2) is 0 Å². The van der Waals surface area contributed by atoms with E-state index in [2.05, 4.69) is 13.4 Å². The summed E-state index contributed by atoms with van der Waals surface area (Å²) in [5.74, 6) is 0. The van der Waals surface area contributed by atoms with Crippen molar-refractivity contribution in [2.45, 2.75) is 37.3 Å². The van der Waals surface area contributed by atoms with Crippen LogP contribution in [0.25, 0.3) is 0 Å². The van der Waals surface area contributed by atoms with Gasteiger partial charge in [-0.3, -0.25) is 0 Å². The van der Waals surface area contributed by atoms with Crippen LogP contribution in [0.2, 0.25) is 13.4 Å². The van der Waals surface area contributed by atoms with Gasteiger partial charge in [0, 0.05) is 0 Å². The van der Waals surface area contributed by atoms with Gasteiger partial charge < -0.3 is 0 Å². The molecule has 1 atom stereocenters. The molecule has 0 aliphatic heterocycles. The van der Waals surface area contributed by atoms with E-state index in [0.717, 1.165) is 13.1 Å². The first kappa shape index (κ1) is 16.7. The number of nitrogens with zero attached hydrogens (tertiary/aromatic N) is 1. The van der Waals surface area contributed by atoms with Crippen molar-refractivity contribution in [1.82, 2.24) is 4.90 Å². The van der Waals surface area contributed by atoms with Gasteiger partial charge in [-0.15, -0.1) is 0 Å². The summed E-state index contributed by atoms with van der Waals surface area (Å²) in [6, 6.07) is 0. The molecule has 1 unspecified atom stereocenters. The number of hydrogen-bond donors (Lipinski definition) is 0. The fourth-order valence-electron chi connectivity index (χ4n) is 1.24. The Morgan fingerprint density at radius 1 is 1.13 bits per heavy atom. The Kier molecular flexibility index (Phi) is 7.35. The molecule has 0 aromatic heterocycles. The number of halogens is 3. The van der Waals surface area contributed by atoms with Gasteiger partial charge in [0.1, 0.15) is 0 Å². The molecule has 0 amide bonds. The van der Waals surface area contributed by atoms with E-state index in [9.17, 15) is 0 Å². The van der Waals surface area contributed by atoms with Gasteiger partial charge in [0.25, 0.3) is 0 Å². The van der Waals surface area contributed by atoms with Crippen LogP contribution in [-0.2, 0) is 2.69 Å². The molecule has 15 heavy (non-hydrogen) atoms. The van der Waals surface area contributed by atoms with E-state index in [1.165, 1.54) is 0 Å². The van der Waals surface area contributed by atoms with E-state index < -0.39 is 31.6 Å². The molecule has 6 heteroatoms. The van der Waals surface area contributed by atoms with Crippen LogP contribution < -0.4 is 0 Å². The van der Waals surface area contributed by atoms with Gasteiger partial charge in [0.15, 0.2) is 0 Å². The molecule has 0 N–H and O–H groups in total. The fraction of sp³-hybridized carbons (Fsp3) is 1.00. The van der Waals surface area contributed by atoms with Crippen molar-refractivity contribution in [2.24, 2.45) is 0 Å². The predicted octanol–water partition coefficient (Wildman–Crippen LogP) is 3.88. The summed E-state index contributed by atoms with van der Waals surface area (Å²) in [4.78, 5) is 2.04. The summed E-state index contributed by atoms with van der Waals surface area (Å²) in [6.45, 7) is 5.71. The number of hydrogen-bond acceptors (Lipinski definition) is 2. The Balaban J connectivity index is 4.74. The SMILES string of the molecule is CCN(CC)C([O][Pb]([CH3])([CH3])[CH3])C(Cl)(Cl)Cl. The van der Waals surface area contributed by atoms with Crippen molar-refractivity contribution >= 4 is 56.4 Å². The van der Waals surface area contributed by atoms with Crippen LogP contribution in [0.4, 0.5) is 0 Å². The van der Waals surface area contributed by atoms with Crippen molar-refractivity contribution in [1.29, 1.82) is 0 Å². The van der Waals surface area contributed by atoms with Crippen LogP contribution in [0, 0.1) is 0 Å². The molecule has 0 rings (SSSR count). The molecule has 0 radical (unpaired) electrons. The van der Waals surface area contributed by atoms with Crippen LogP contribution in [0.1, 0.15) is 13.8 Å². The zero-order chi connectivity index (χ0) is 12.3. The van der Waals surface area contributed by atoms with Gasteiger partial charge in [0.05, 0.1) is 0 Å².